The number of hydrogen-bond donors (Lipinski definition) is 5. The Morgan fingerprint density at radius 3 is 2.83 bits per heavy atom. The minimum Gasteiger partial charge on any atom is -0.395 e. The standard InChI is InChI=1S/C8H14N4O5S/c9-12-10-2-6(15)11-8(17)1-4(14)7(16)5(3-13)18-8/h4-5,7,13-14,16-17H,1-3H2,(H,11,15)/t4-,5-,7+,8?/m1/s1. The molecule has 0 saturated carbocycles. The highest BCUT2D eigenvalue weighted by molar-refractivity contribution is 8.01. The van der Waals surface area contributed by atoms with Crippen molar-refractivity contribution in [3.8, 4) is 0 Å². The Morgan fingerprint density at radius 2 is 2.28 bits per heavy atom. The lowest BCUT2D eigenvalue weighted by atomic mass is 10.1. The quantitative estimate of drug-likeness (QED) is 0.178. The van der Waals surface area contributed by atoms with Crippen molar-refractivity contribution in [3.05, 3.63) is 10.4 Å². The van der Waals surface area contributed by atoms with Gasteiger partial charge in [-0.2, -0.15) is 0 Å². The number of azide groups is 1. The van der Waals surface area contributed by atoms with Crippen LogP contribution >= 0.6 is 11.8 Å². The molecule has 5 N–H and O–H groups in total. The first-order valence-corrected chi connectivity index (χ1v) is 5.99. The van der Waals surface area contributed by atoms with E-state index in [-0.39, 0.29) is 6.42 Å². The number of aliphatic hydroxyl groups is 4. The monoisotopic (exact) mass is 278 g/mol. The third-order valence-corrected chi connectivity index (χ3v) is 3.79. The molecule has 0 aromatic rings. The normalized spacial score (nSPS) is 35.7. The summed E-state index contributed by atoms with van der Waals surface area (Å²) in [6.45, 7) is -0.945. The highest BCUT2D eigenvalue weighted by Gasteiger charge is 2.45. The van der Waals surface area contributed by atoms with Gasteiger partial charge < -0.3 is 25.7 Å². The SMILES string of the molecule is [N-]=[N+]=NCC(=O)NC1(O)C[C@@H](O)[C@H](O)[C@@H](CO)S1. The third-order valence-electron chi connectivity index (χ3n) is 2.40. The van der Waals surface area contributed by atoms with E-state index in [2.05, 4.69) is 15.3 Å². The number of aliphatic hydroxyl groups excluding tert-OH is 3. The van der Waals surface area contributed by atoms with Crippen molar-refractivity contribution in [3.63, 3.8) is 0 Å². The lowest BCUT2D eigenvalue weighted by Crippen LogP contribution is -2.57. The van der Waals surface area contributed by atoms with Crippen LogP contribution in [0.25, 0.3) is 10.4 Å². The molecule has 1 aliphatic heterocycles. The summed E-state index contributed by atoms with van der Waals surface area (Å²) in [4.78, 5) is 13.7. The molecular formula is C8H14N4O5S. The molecule has 1 saturated heterocycles. The van der Waals surface area contributed by atoms with E-state index in [0.29, 0.717) is 0 Å². The summed E-state index contributed by atoms with van der Waals surface area (Å²) in [5.74, 6) is -0.719. The topological polar surface area (TPSA) is 159 Å². The molecule has 0 aliphatic carbocycles. The number of rotatable bonds is 4. The minimum atomic E-state index is -1.81. The van der Waals surface area contributed by atoms with Gasteiger partial charge in [0.25, 0.3) is 0 Å². The molecule has 18 heavy (non-hydrogen) atoms. The second-order valence-electron chi connectivity index (χ2n) is 3.82. The molecule has 0 radical (unpaired) electrons. The maximum absolute atomic E-state index is 11.3. The molecule has 1 fully saturated rings. The number of thioether (sulfide) groups is 1. The molecule has 4 atom stereocenters. The second kappa shape index (κ2) is 6.23. The first-order chi connectivity index (χ1) is 8.41. The van der Waals surface area contributed by atoms with E-state index in [1.54, 1.807) is 0 Å². The van der Waals surface area contributed by atoms with Gasteiger partial charge in [-0.05, 0) is 5.53 Å². The summed E-state index contributed by atoms with van der Waals surface area (Å²) in [5, 5.41) is 40.7. The lowest BCUT2D eigenvalue weighted by molar-refractivity contribution is -0.125. The molecule has 1 heterocycles. The fourth-order valence-electron chi connectivity index (χ4n) is 1.60. The number of amides is 1. The fourth-order valence-corrected chi connectivity index (χ4v) is 2.94. The zero-order valence-corrected chi connectivity index (χ0v) is 10.1. The highest BCUT2D eigenvalue weighted by Crippen LogP contribution is 2.37. The number of nitrogens with zero attached hydrogens (tertiary/aromatic N) is 3. The Labute approximate surface area is 106 Å². The Bertz CT molecular complexity index is 363. The van der Waals surface area contributed by atoms with Gasteiger partial charge in [-0.25, -0.2) is 0 Å². The molecular weight excluding hydrogens is 264 g/mol. The molecule has 0 aromatic carbocycles. The zero-order chi connectivity index (χ0) is 13.8. The number of nitrogens with one attached hydrogen (secondary N) is 1. The molecule has 102 valence electrons. The van der Waals surface area contributed by atoms with E-state index in [1.165, 1.54) is 0 Å². The molecule has 10 heteroatoms. The smallest absolute Gasteiger partial charge is 0.228 e. The average Bonchev–Trinajstić information content (AvgIpc) is 2.31. The van der Waals surface area contributed by atoms with Crippen LogP contribution in [0.1, 0.15) is 6.42 Å². The number of hydrogen-bond acceptors (Lipinski definition) is 7. The summed E-state index contributed by atoms with van der Waals surface area (Å²) in [6.07, 6.45) is -2.75. The van der Waals surface area contributed by atoms with Gasteiger partial charge in [-0.15, -0.1) is 0 Å². The molecule has 0 aromatic heterocycles. The predicted molar refractivity (Wildman–Crippen MR) is 62.2 cm³/mol. The molecule has 1 aliphatic rings. The van der Waals surface area contributed by atoms with Gasteiger partial charge >= 0.3 is 0 Å². The van der Waals surface area contributed by atoms with Crippen molar-refractivity contribution in [2.75, 3.05) is 13.2 Å². The van der Waals surface area contributed by atoms with Crippen molar-refractivity contribution in [2.24, 2.45) is 5.11 Å². The maximum Gasteiger partial charge on any atom is 0.228 e. The Balaban J connectivity index is 2.67. The maximum atomic E-state index is 11.3. The molecule has 1 amide bonds. The van der Waals surface area contributed by atoms with Crippen molar-refractivity contribution in [1.29, 1.82) is 0 Å². The van der Waals surface area contributed by atoms with Gasteiger partial charge in [0.05, 0.1) is 24.1 Å². The van der Waals surface area contributed by atoms with Crippen LogP contribution in [0.4, 0.5) is 0 Å². The van der Waals surface area contributed by atoms with Crippen molar-refractivity contribution in [1.82, 2.24) is 5.32 Å². The molecule has 0 spiro atoms. The van der Waals surface area contributed by atoms with Gasteiger partial charge in [-0.3, -0.25) is 4.79 Å². The Kier molecular flexibility index (Phi) is 5.20. The highest BCUT2D eigenvalue weighted by atomic mass is 32.2. The van der Waals surface area contributed by atoms with Crippen LogP contribution in [0.15, 0.2) is 5.11 Å². The molecule has 1 unspecified atom stereocenters. The van der Waals surface area contributed by atoms with Crippen LogP contribution in [0.2, 0.25) is 0 Å². The zero-order valence-electron chi connectivity index (χ0n) is 9.30. The van der Waals surface area contributed by atoms with Crippen LogP contribution in [0.3, 0.4) is 0 Å². The first-order valence-electron chi connectivity index (χ1n) is 5.11. The van der Waals surface area contributed by atoms with Crippen molar-refractivity contribution < 1.29 is 25.2 Å². The van der Waals surface area contributed by atoms with Gasteiger partial charge in [0.15, 0.2) is 5.06 Å². The van der Waals surface area contributed by atoms with E-state index < -0.39 is 41.6 Å². The van der Waals surface area contributed by atoms with E-state index in [0.717, 1.165) is 11.8 Å². The first kappa shape index (κ1) is 15.0. The van der Waals surface area contributed by atoms with Gasteiger partial charge in [0.2, 0.25) is 5.91 Å². The average molecular weight is 278 g/mol. The van der Waals surface area contributed by atoms with Gasteiger partial charge in [-0.1, -0.05) is 16.9 Å². The van der Waals surface area contributed by atoms with Crippen LogP contribution in [0, 0.1) is 0 Å². The van der Waals surface area contributed by atoms with Gasteiger partial charge in [0.1, 0.15) is 6.54 Å². The fraction of sp³-hybridized carbons (Fsp3) is 0.875. The number of carbonyl (C=O) groups excluding carboxylic acids is 1. The molecule has 9 nitrogen and oxygen atoms in total. The molecule has 1 rings (SSSR count). The largest absolute Gasteiger partial charge is 0.395 e. The Morgan fingerprint density at radius 1 is 1.61 bits per heavy atom. The second-order valence-corrected chi connectivity index (χ2v) is 5.34. The lowest BCUT2D eigenvalue weighted by Gasteiger charge is -2.41. The van der Waals surface area contributed by atoms with Crippen LogP contribution in [-0.2, 0) is 4.79 Å². The third kappa shape index (κ3) is 3.73. The summed E-state index contributed by atoms with van der Waals surface area (Å²) in [7, 11) is 0. The molecule has 0 bridgehead atoms. The predicted octanol–water partition coefficient (Wildman–Crippen LogP) is -1.72. The van der Waals surface area contributed by atoms with Crippen molar-refractivity contribution >= 4 is 17.7 Å². The van der Waals surface area contributed by atoms with E-state index in [4.69, 9.17) is 10.6 Å². The van der Waals surface area contributed by atoms with Crippen LogP contribution in [-0.4, -0.2) is 62.0 Å². The van der Waals surface area contributed by atoms with Crippen molar-refractivity contribution in [2.45, 2.75) is 28.9 Å². The number of carbonyl (C=O) groups is 1. The van der Waals surface area contributed by atoms with E-state index in [9.17, 15) is 20.1 Å². The van der Waals surface area contributed by atoms with Crippen LogP contribution in [0.5, 0.6) is 0 Å². The summed E-state index contributed by atoms with van der Waals surface area (Å²) in [6, 6.07) is 0. The summed E-state index contributed by atoms with van der Waals surface area (Å²) >= 11 is 0.736. The summed E-state index contributed by atoms with van der Waals surface area (Å²) < 4.78 is 0. The van der Waals surface area contributed by atoms with E-state index >= 15 is 0 Å². The van der Waals surface area contributed by atoms with E-state index in [1.807, 2.05) is 0 Å². The Hall–Kier alpha value is -1.03. The van der Waals surface area contributed by atoms with Crippen LogP contribution < -0.4 is 5.32 Å². The summed E-state index contributed by atoms with van der Waals surface area (Å²) in [5.41, 5.74) is 8.05. The van der Waals surface area contributed by atoms with Gasteiger partial charge in [0, 0.05) is 11.3 Å². The minimum absolute atomic E-state index is 0.294.